The van der Waals surface area contributed by atoms with Crippen molar-refractivity contribution in [3.63, 3.8) is 0 Å². The van der Waals surface area contributed by atoms with Gasteiger partial charge < -0.3 is 30.3 Å². The molecule has 4 N–H and O–H groups in total. The largest absolute Gasteiger partial charge is 0.444 e. The van der Waals surface area contributed by atoms with E-state index in [1.165, 1.54) is 13.8 Å². The van der Waals surface area contributed by atoms with E-state index in [-0.39, 0.29) is 6.42 Å². The van der Waals surface area contributed by atoms with Gasteiger partial charge in [-0.3, -0.25) is 13.9 Å². The molecule has 2 amide bonds. The number of alkyl carbamates (subject to hydrolysis) is 1. The van der Waals surface area contributed by atoms with Crippen LogP contribution in [0.3, 0.4) is 0 Å². The normalized spacial score (nSPS) is 20.4. The van der Waals surface area contributed by atoms with Gasteiger partial charge in [0.05, 0.1) is 0 Å². The minimum Gasteiger partial charge on any atom is -0.444 e. The van der Waals surface area contributed by atoms with Crippen LogP contribution in [0.5, 0.6) is 0 Å². The first-order chi connectivity index (χ1) is 15.7. The first-order valence-corrected chi connectivity index (χ1v) is 13.1. The van der Waals surface area contributed by atoms with Gasteiger partial charge in [-0.2, -0.15) is 0 Å². The molecule has 0 bridgehead atoms. The Morgan fingerprint density at radius 1 is 1.18 bits per heavy atom. The van der Waals surface area contributed by atoms with Crippen LogP contribution in [0.2, 0.25) is 0 Å². The summed E-state index contributed by atoms with van der Waals surface area (Å²) in [5, 5.41) is 7.66. The molecule has 0 aromatic carbocycles. The highest BCUT2D eigenvalue weighted by atomic mass is 31.2. The van der Waals surface area contributed by atoms with E-state index in [4.69, 9.17) is 14.0 Å². The minimum atomic E-state index is -4.58. The van der Waals surface area contributed by atoms with Crippen molar-refractivity contribution in [2.24, 2.45) is 0 Å². The smallest absolute Gasteiger partial charge is 0.408 e. The molecule has 0 aromatic rings. The maximum absolute atomic E-state index is 12.9. The Hall–Kier alpha value is -2.01. The molecule has 1 heterocycles. The van der Waals surface area contributed by atoms with E-state index in [1.807, 2.05) is 6.92 Å². The summed E-state index contributed by atoms with van der Waals surface area (Å²) >= 11 is 0. The number of nitrogens with one attached hydrogen (secondary N) is 3. The molecule has 5 atom stereocenters. The summed E-state index contributed by atoms with van der Waals surface area (Å²) in [6.07, 6.45) is 0.186. The van der Waals surface area contributed by atoms with E-state index in [2.05, 4.69) is 16.0 Å². The number of carbonyl (C=O) groups is 4. The molecule has 34 heavy (non-hydrogen) atoms. The van der Waals surface area contributed by atoms with E-state index >= 15 is 0 Å². The van der Waals surface area contributed by atoms with Crippen molar-refractivity contribution in [3.8, 4) is 0 Å². The van der Waals surface area contributed by atoms with Crippen LogP contribution >= 0.6 is 7.60 Å². The van der Waals surface area contributed by atoms with Crippen molar-refractivity contribution >= 4 is 31.5 Å². The summed E-state index contributed by atoms with van der Waals surface area (Å²) in [4.78, 5) is 59.2. The van der Waals surface area contributed by atoms with Gasteiger partial charge in [0, 0.05) is 0 Å². The van der Waals surface area contributed by atoms with Crippen LogP contribution in [-0.2, 0) is 32.9 Å². The zero-order chi connectivity index (χ0) is 26.1. The van der Waals surface area contributed by atoms with Gasteiger partial charge in [-0.05, 0) is 60.4 Å². The van der Waals surface area contributed by atoms with Crippen LogP contribution in [-0.4, -0.2) is 64.9 Å². The summed E-state index contributed by atoms with van der Waals surface area (Å²) in [5.74, 6) is -3.95. The Morgan fingerprint density at radius 3 is 2.35 bits per heavy atom. The van der Waals surface area contributed by atoms with Crippen molar-refractivity contribution in [2.75, 3.05) is 6.54 Å². The van der Waals surface area contributed by atoms with Gasteiger partial charge in [0.15, 0.2) is 6.10 Å². The minimum absolute atomic E-state index is 0.0852. The third-order valence-electron chi connectivity index (χ3n) is 4.85. The third kappa shape index (κ3) is 10.5. The molecule has 1 aliphatic rings. The van der Waals surface area contributed by atoms with Gasteiger partial charge in [0.25, 0.3) is 0 Å². The van der Waals surface area contributed by atoms with Gasteiger partial charge in [-0.25, -0.2) is 14.4 Å². The topological polar surface area (TPSA) is 169 Å². The van der Waals surface area contributed by atoms with Crippen molar-refractivity contribution in [2.45, 2.75) is 103 Å². The summed E-state index contributed by atoms with van der Waals surface area (Å²) < 4.78 is 27.9. The second kappa shape index (κ2) is 13.2. The second-order valence-corrected chi connectivity index (χ2v) is 11.2. The zero-order valence-corrected chi connectivity index (χ0v) is 21.6. The van der Waals surface area contributed by atoms with E-state index in [0.717, 1.165) is 6.42 Å². The first kappa shape index (κ1) is 30.0. The Kier molecular flexibility index (Phi) is 11.6. The molecule has 4 unspecified atom stereocenters. The number of rotatable bonds is 11. The summed E-state index contributed by atoms with van der Waals surface area (Å²) in [6, 6.07) is -1.68. The number of unbranched alkanes of at least 4 members (excludes halogenated alkanes) is 1. The van der Waals surface area contributed by atoms with E-state index < -0.39 is 61.1 Å². The van der Waals surface area contributed by atoms with Crippen molar-refractivity contribution < 1.29 is 42.6 Å². The van der Waals surface area contributed by atoms with Crippen LogP contribution in [0.1, 0.15) is 73.6 Å². The van der Waals surface area contributed by atoms with Crippen LogP contribution in [0.15, 0.2) is 0 Å². The lowest BCUT2D eigenvalue weighted by Crippen LogP contribution is -2.49. The molecule has 196 valence electrons. The van der Waals surface area contributed by atoms with E-state index in [1.54, 1.807) is 20.8 Å². The van der Waals surface area contributed by atoms with Crippen LogP contribution in [0.25, 0.3) is 0 Å². The fourth-order valence-corrected chi connectivity index (χ4v) is 4.52. The van der Waals surface area contributed by atoms with Gasteiger partial charge in [-0.1, -0.05) is 19.8 Å². The molecule has 12 nitrogen and oxygen atoms in total. The van der Waals surface area contributed by atoms with E-state index in [9.17, 15) is 28.6 Å². The monoisotopic (exact) mass is 507 g/mol. The lowest BCUT2D eigenvalue weighted by atomic mass is 10.2. The lowest BCUT2D eigenvalue weighted by molar-refractivity contribution is -0.165. The molecule has 0 aromatic heterocycles. The molecule has 1 saturated heterocycles. The molecule has 0 radical (unpaired) electrons. The number of hydrogen-bond donors (Lipinski definition) is 4. The fraction of sp³-hybridized carbons (Fsp3) is 0.810. The average Bonchev–Trinajstić information content (AvgIpc) is 3.23. The third-order valence-corrected chi connectivity index (χ3v) is 6.64. The highest BCUT2D eigenvalue weighted by Gasteiger charge is 2.39. The van der Waals surface area contributed by atoms with Gasteiger partial charge in [0.1, 0.15) is 23.5 Å². The molecule has 1 fully saturated rings. The van der Waals surface area contributed by atoms with Crippen LogP contribution in [0, 0.1) is 0 Å². The molecule has 0 saturated carbocycles. The molecule has 1 rings (SSSR count). The number of amides is 2. The maximum Gasteiger partial charge on any atom is 0.408 e. The summed E-state index contributed by atoms with van der Waals surface area (Å²) in [6.45, 7) is 10.1. The Bertz CT molecular complexity index is 778. The van der Waals surface area contributed by atoms with Crippen LogP contribution < -0.4 is 16.0 Å². The molecule has 0 aliphatic carbocycles. The SMILES string of the molecule is CCCCC(NC(=O)C(C)NC(=O)OC(C)(C)C)P(=O)(O)OC(C)C(=O)OC(=O)[C@@H]1CCCN1. The highest BCUT2D eigenvalue weighted by molar-refractivity contribution is 7.53. The maximum atomic E-state index is 12.9. The quantitative estimate of drug-likeness (QED) is 0.184. The number of hydrogen-bond acceptors (Lipinski definition) is 9. The summed E-state index contributed by atoms with van der Waals surface area (Å²) in [7, 11) is -4.58. The molecule has 13 heteroatoms. The predicted molar refractivity (Wildman–Crippen MR) is 123 cm³/mol. The molecular weight excluding hydrogens is 469 g/mol. The summed E-state index contributed by atoms with van der Waals surface area (Å²) in [5.41, 5.74) is -0.765. The predicted octanol–water partition coefficient (Wildman–Crippen LogP) is 1.94. The van der Waals surface area contributed by atoms with Gasteiger partial charge in [-0.15, -0.1) is 0 Å². The number of ether oxygens (including phenoxy) is 2. The molecular formula is C21H38N3O9P. The Morgan fingerprint density at radius 2 is 1.82 bits per heavy atom. The average molecular weight is 508 g/mol. The fourth-order valence-electron chi connectivity index (χ4n) is 3.04. The molecule has 0 spiro atoms. The van der Waals surface area contributed by atoms with Crippen molar-refractivity contribution in [1.82, 2.24) is 16.0 Å². The Labute approximate surface area is 200 Å². The number of esters is 2. The molecule has 1 aliphatic heterocycles. The van der Waals surface area contributed by atoms with Gasteiger partial charge >= 0.3 is 25.6 Å². The van der Waals surface area contributed by atoms with Gasteiger partial charge in [0.2, 0.25) is 5.91 Å². The lowest BCUT2D eigenvalue weighted by Gasteiger charge is -2.27. The number of carbonyl (C=O) groups excluding carboxylic acids is 4. The van der Waals surface area contributed by atoms with Crippen LogP contribution in [0.4, 0.5) is 4.79 Å². The Balaban J connectivity index is 2.76. The first-order valence-electron chi connectivity index (χ1n) is 11.5. The van der Waals surface area contributed by atoms with Crippen molar-refractivity contribution in [1.29, 1.82) is 0 Å². The highest BCUT2D eigenvalue weighted by Crippen LogP contribution is 2.49. The second-order valence-electron chi connectivity index (χ2n) is 9.24. The zero-order valence-electron chi connectivity index (χ0n) is 20.7. The van der Waals surface area contributed by atoms with Crippen molar-refractivity contribution in [3.05, 3.63) is 0 Å². The van der Waals surface area contributed by atoms with E-state index in [0.29, 0.717) is 25.8 Å². The standard InChI is InChI=1S/C21H38N3O9P/c1-7-8-11-16(24-17(25)13(2)23-20(28)32-21(4,5)6)34(29,30)33-14(3)18(26)31-19(27)15-10-9-12-22-15/h13-16,22H,7-12H2,1-6H3,(H,23,28)(H,24,25)(H,29,30)/t13?,14?,15-,16?/m0/s1.